The summed E-state index contributed by atoms with van der Waals surface area (Å²) in [6, 6.07) is 3.72. The van der Waals surface area contributed by atoms with Gasteiger partial charge in [-0.2, -0.15) is 0 Å². The van der Waals surface area contributed by atoms with Gasteiger partial charge in [0.05, 0.1) is 6.61 Å². The van der Waals surface area contributed by atoms with E-state index < -0.39 is 0 Å². The SMILES string of the molecule is CC(CO)Oc1cccnc1SC(C)C. The minimum absolute atomic E-state index is 0.0146. The lowest BCUT2D eigenvalue weighted by molar-refractivity contribution is 0.126. The third-order valence-electron chi connectivity index (χ3n) is 1.67. The Bertz CT molecular complexity index is 304. The predicted molar refractivity (Wildman–Crippen MR) is 62.4 cm³/mol. The largest absolute Gasteiger partial charge is 0.485 e. The number of aromatic nitrogens is 1. The number of nitrogens with zero attached hydrogens (tertiary/aromatic N) is 1. The number of aliphatic hydroxyl groups is 1. The molecule has 1 aromatic heterocycles. The summed E-state index contributed by atoms with van der Waals surface area (Å²) >= 11 is 1.66. The molecule has 0 fully saturated rings. The molecule has 0 aliphatic heterocycles. The van der Waals surface area contributed by atoms with Gasteiger partial charge in [-0.25, -0.2) is 4.98 Å². The third kappa shape index (κ3) is 4.10. The van der Waals surface area contributed by atoms with Crippen LogP contribution in [0.25, 0.3) is 0 Å². The van der Waals surface area contributed by atoms with Crippen molar-refractivity contribution in [2.24, 2.45) is 0 Å². The van der Waals surface area contributed by atoms with Crippen molar-refractivity contribution < 1.29 is 9.84 Å². The van der Waals surface area contributed by atoms with Gasteiger partial charge >= 0.3 is 0 Å². The fourth-order valence-corrected chi connectivity index (χ4v) is 1.83. The van der Waals surface area contributed by atoms with E-state index in [1.165, 1.54) is 0 Å². The van der Waals surface area contributed by atoms with Crippen LogP contribution in [0, 0.1) is 0 Å². The van der Waals surface area contributed by atoms with Gasteiger partial charge < -0.3 is 9.84 Å². The fraction of sp³-hybridized carbons (Fsp3) is 0.545. The molecule has 1 unspecified atom stereocenters. The Morgan fingerprint density at radius 2 is 2.20 bits per heavy atom. The van der Waals surface area contributed by atoms with Crippen molar-refractivity contribution in [3.63, 3.8) is 0 Å². The maximum absolute atomic E-state index is 8.92. The highest BCUT2D eigenvalue weighted by atomic mass is 32.2. The Kier molecular flexibility index (Phi) is 4.91. The van der Waals surface area contributed by atoms with Gasteiger partial charge in [0, 0.05) is 11.4 Å². The molecule has 1 rings (SSSR count). The minimum atomic E-state index is -0.194. The average molecular weight is 227 g/mol. The van der Waals surface area contributed by atoms with Crippen LogP contribution in [-0.4, -0.2) is 28.1 Å². The number of hydrogen-bond donors (Lipinski definition) is 1. The van der Waals surface area contributed by atoms with Crippen LogP contribution < -0.4 is 4.74 Å². The second-order valence-corrected chi connectivity index (χ2v) is 5.15. The second-order valence-electron chi connectivity index (χ2n) is 3.58. The molecule has 1 heterocycles. The molecule has 0 saturated carbocycles. The first-order chi connectivity index (χ1) is 7.13. The lowest BCUT2D eigenvalue weighted by atomic mass is 10.4. The molecule has 1 atom stereocenters. The zero-order chi connectivity index (χ0) is 11.3. The Morgan fingerprint density at radius 1 is 1.47 bits per heavy atom. The molecule has 0 spiro atoms. The molecule has 0 amide bonds. The van der Waals surface area contributed by atoms with Crippen LogP contribution in [0.15, 0.2) is 23.4 Å². The molecule has 0 aromatic carbocycles. The minimum Gasteiger partial charge on any atom is -0.485 e. The second kappa shape index (κ2) is 5.98. The Labute approximate surface area is 94.9 Å². The monoisotopic (exact) mass is 227 g/mol. The standard InChI is InChI=1S/C11H17NO2S/c1-8(2)15-11-10(5-4-6-12-11)14-9(3)7-13/h4-6,8-9,13H,7H2,1-3H3. The van der Waals surface area contributed by atoms with Crippen molar-refractivity contribution in [1.29, 1.82) is 0 Å². The van der Waals surface area contributed by atoms with E-state index in [1.54, 1.807) is 18.0 Å². The number of pyridine rings is 1. The van der Waals surface area contributed by atoms with E-state index in [9.17, 15) is 0 Å². The summed E-state index contributed by atoms with van der Waals surface area (Å²) in [6.07, 6.45) is 1.56. The number of thioether (sulfide) groups is 1. The fourth-order valence-electron chi connectivity index (χ4n) is 1.03. The van der Waals surface area contributed by atoms with Gasteiger partial charge in [0.15, 0.2) is 5.75 Å². The lowest BCUT2D eigenvalue weighted by Gasteiger charge is -2.15. The van der Waals surface area contributed by atoms with Crippen LogP contribution in [0.4, 0.5) is 0 Å². The molecule has 1 aromatic rings. The van der Waals surface area contributed by atoms with E-state index in [1.807, 2.05) is 19.1 Å². The van der Waals surface area contributed by atoms with Gasteiger partial charge in [-0.15, -0.1) is 0 Å². The number of hydrogen-bond acceptors (Lipinski definition) is 4. The van der Waals surface area contributed by atoms with Gasteiger partial charge in [0.1, 0.15) is 11.1 Å². The topological polar surface area (TPSA) is 42.4 Å². The highest BCUT2D eigenvalue weighted by Crippen LogP contribution is 2.30. The van der Waals surface area contributed by atoms with Crippen molar-refractivity contribution >= 4 is 11.8 Å². The first kappa shape index (κ1) is 12.3. The summed E-state index contributed by atoms with van der Waals surface area (Å²) in [5.74, 6) is 0.748. The Hall–Kier alpha value is -0.740. The summed E-state index contributed by atoms with van der Waals surface area (Å²) in [5.41, 5.74) is 0. The summed E-state index contributed by atoms with van der Waals surface area (Å²) in [4.78, 5) is 4.26. The smallest absolute Gasteiger partial charge is 0.152 e. The molecule has 0 aliphatic rings. The van der Waals surface area contributed by atoms with Crippen LogP contribution >= 0.6 is 11.8 Å². The number of ether oxygens (including phenoxy) is 1. The van der Waals surface area contributed by atoms with Crippen LogP contribution in [0.1, 0.15) is 20.8 Å². The molecule has 0 bridgehead atoms. The molecule has 15 heavy (non-hydrogen) atoms. The van der Waals surface area contributed by atoms with E-state index in [2.05, 4.69) is 18.8 Å². The van der Waals surface area contributed by atoms with E-state index in [4.69, 9.17) is 9.84 Å². The van der Waals surface area contributed by atoms with Gasteiger partial charge in [0.25, 0.3) is 0 Å². The van der Waals surface area contributed by atoms with Crippen molar-refractivity contribution in [3.05, 3.63) is 18.3 Å². The first-order valence-electron chi connectivity index (χ1n) is 5.02. The zero-order valence-electron chi connectivity index (χ0n) is 9.30. The predicted octanol–water partition coefficient (Wildman–Crippen LogP) is 2.34. The molecule has 0 radical (unpaired) electrons. The summed E-state index contributed by atoms with van der Waals surface area (Å²) in [6.45, 7) is 6.06. The third-order valence-corrected chi connectivity index (χ3v) is 2.67. The van der Waals surface area contributed by atoms with Gasteiger partial charge in [-0.3, -0.25) is 0 Å². The molecular weight excluding hydrogens is 210 g/mol. The first-order valence-corrected chi connectivity index (χ1v) is 5.90. The zero-order valence-corrected chi connectivity index (χ0v) is 10.1. The van der Waals surface area contributed by atoms with Gasteiger partial charge in [-0.05, 0) is 19.1 Å². The van der Waals surface area contributed by atoms with Crippen LogP contribution in [0.3, 0.4) is 0 Å². The average Bonchev–Trinajstić information content (AvgIpc) is 2.20. The molecule has 0 saturated heterocycles. The van der Waals surface area contributed by atoms with E-state index in [-0.39, 0.29) is 12.7 Å². The molecule has 1 N–H and O–H groups in total. The molecule has 4 heteroatoms. The molecular formula is C11H17NO2S. The Morgan fingerprint density at radius 3 is 2.80 bits per heavy atom. The number of rotatable bonds is 5. The van der Waals surface area contributed by atoms with Crippen LogP contribution in [-0.2, 0) is 0 Å². The maximum atomic E-state index is 8.92. The maximum Gasteiger partial charge on any atom is 0.152 e. The van der Waals surface area contributed by atoms with Crippen LogP contribution in [0.5, 0.6) is 5.75 Å². The molecule has 3 nitrogen and oxygen atoms in total. The van der Waals surface area contributed by atoms with Crippen molar-refractivity contribution in [1.82, 2.24) is 4.98 Å². The Balaban J connectivity index is 2.76. The summed E-state index contributed by atoms with van der Waals surface area (Å²) in [7, 11) is 0. The number of aliphatic hydroxyl groups excluding tert-OH is 1. The van der Waals surface area contributed by atoms with Crippen molar-refractivity contribution in [2.45, 2.75) is 37.2 Å². The quantitative estimate of drug-likeness (QED) is 0.784. The van der Waals surface area contributed by atoms with Gasteiger partial charge in [-0.1, -0.05) is 25.6 Å². The van der Waals surface area contributed by atoms with Crippen molar-refractivity contribution in [3.8, 4) is 5.75 Å². The van der Waals surface area contributed by atoms with Gasteiger partial charge in [0.2, 0.25) is 0 Å². The van der Waals surface area contributed by atoms with E-state index >= 15 is 0 Å². The van der Waals surface area contributed by atoms with E-state index in [0.29, 0.717) is 5.25 Å². The normalized spacial score (nSPS) is 12.9. The van der Waals surface area contributed by atoms with Crippen molar-refractivity contribution in [2.75, 3.05) is 6.61 Å². The molecule has 84 valence electrons. The lowest BCUT2D eigenvalue weighted by Crippen LogP contribution is -2.16. The summed E-state index contributed by atoms with van der Waals surface area (Å²) in [5, 5.41) is 10.3. The summed E-state index contributed by atoms with van der Waals surface area (Å²) < 4.78 is 5.56. The highest BCUT2D eigenvalue weighted by molar-refractivity contribution is 7.99. The highest BCUT2D eigenvalue weighted by Gasteiger charge is 2.10. The van der Waals surface area contributed by atoms with E-state index in [0.717, 1.165) is 10.8 Å². The van der Waals surface area contributed by atoms with Crippen LogP contribution in [0.2, 0.25) is 0 Å². The molecule has 0 aliphatic carbocycles.